The van der Waals surface area contributed by atoms with Gasteiger partial charge in [0, 0.05) is 31.3 Å². The van der Waals surface area contributed by atoms with E-state index in [1.54, 1.807) is 0 Å². The minimum absolute atomic E-state index is 0.0435. The quantitative estimate of drug-likeness (QED) is 0.901. The third-order valence-corrected chi connectivity index (χ3v) is 4.47. The molecule has 1 atom stereocenters. The van der Waals surface area contributed by atoms with Crippen molar-refractivity contribution in [1.29, 1.82) is 0 Å². The van der Waals surface area contributed by atoms with Crippen LogP contribution in [0.5, 0.6) is 0 Å². The Kier molecular flexibility index (Phi) is 5.16. The number of amides is 2. The largest absolute Gasteiger partial charge is 0.377 e. The molecule has 1 aliphatic rings. The van der Waals surface area contributed by atoms with E-state index in [1.807, 2.05) is 54.3 Å². The number of ether oxygens (including phenoxy) is 1. The molecule has 0 aliphatic carbocycles. The van der Waals surface area contributed by atoms with Gasteiger partial charge in [-0.3, -0.25) is 4.90 Å². The number of urea groups is 1. The van der Waals surface area contributed by atoms with Crippen LogP contribution in [-0.4, -0.2) is 19.2 Å². The van der Waals surface area contributed by atoms with Gasteiger partial charge in [0.05, 0.1) is 6.61 Å². The van der Waals surface area contributed by atoms with E-state index in [-0.39, 0.29) is 6.03 Å². The number of nitrogens with zero attached hydrogens (tertiary/aromatic N) is 1. The van der Waals surface area contributed by atoms with Crippen LogP contribution in [0.1, 0.15) is 36.5 Å². The summed E-state index contributed by atoms with van der Waals surface area (Å²) >= 11 is 0. The molecule has 2 amide bonds. The van der Waals surface area contributed by atoms with Crippen molar-refractivity contribution in [2.75, 3.05) is 18.1 Å². The lowest BCUT2D eigenvalue weighted by Gasteiger charge is -2.19. The number of fused-ring (bicyclic) bond motifs is 1. The van der Waals surface area contributed by atoms with E-state index >= 15 is 0 Å². The maximum atomic E-state index is 12.6. The van der Waals surface area contributed by atoms with Crippen molar-refractivity contribution in [3.63, 3.8) is 0 Å². The number of carbonyl (C=O) groups is 1. The molecule has 1 aliphatic heterocycles. The average molecular weight is 324 g/mol. The molecule has 0 fully saturated rings. The molecule has 126 valence electrons. The lowest BCUT2D eigenvalue weighted by Crippen LogP contribution is -2.39. The second-order valence-electron chi connectivity index (χ2n) is 6.14. The van der Waals surface area contributed by atoms with Crippen LogP contribution in [-0.2, 0) is 17.9 Å². The summed E-state index contributed by atoms with van der Waals surface area (Å²) in [4.78, 5) is 14.5. The molecule has 3 rings (SSSR count). The molecule has 2 aromatic rings. The second-order valence-corrected chi connectivity index (χ2v) is 6.14. The fourth-order valence-electron chi connectivity index (χ4n) is 3.16. The lowest BCUT2D eigenvalue weighted by molar-refractivity contribution is 0.133. The number of benzene rings is 2. The number of nitrogens with one attached hydrogen (secondary N) is 1. The molecule has 0 aromatic heterocycles. The Hall–Kier alpha value is -2.33. The number of para-hydroxylation sites is 1. The van der Waals surface area contributed by atoms with Crippen LogP contribution >= 0.6 is 0 Å². The third-order valence-electron chi connectivity index (χ3n) is 4.47. The maximum Gasteiger partial charge on any atom is 0.322 e. The number of hydrogen-bond acceptors (Lipinski definition) is 2. The molecule has 2 aromatic carbocycles. The van der Waals surface area contributed by atoms with Crippen molar-refractivity contribution in [3.8, 4) is 0 Å². The second kappa shape index (κ2) is 7.49. The highest BCUT2D eigenvalue weighted by molar-refractivity contribution is 5.94. The molecule has 24 heavy (non-hydrogen) atoms. The van der Waals surface area contributed by atoms with Gasteiger partial charge < -0.3 is 10.1 Å². The normalized spacial score (nSPS) is 16.1. The Labute approximate surface area is 143 Å². The standard InChI is InChI=1S/C20H24N2O2/c1-3-24-14-17-9-5-4-8-16(17)12-21-20(23)22-13-15(2)18-10-6-7-11-19(18)22/h4-11,15H,3,12-14H2,1-2H3,(H,21,23). The average Bonchev–Trinajstić information content (AvgIpc) is 2.96. The summed E-state index contributed by atoms with van der Waals surface area (Å²) < 4.78 is 5.50. The van der Waals surface area contributed by atoms with Crippen molar-refractivity contribution in [3.05, 3.63) is 65.2 Å². The zero-order valence-corrected chi connectivity index (χ0v) is 14.3. The molecular weight excluding hydrogens is 300 g/mol. The Morgan fingerprint density at radius 1 is 1.17 bits per heavy atom. The molecule has 1 N–H and O–H groups in total. The van der Waals surface area contributed by atoms with Crippen LogP contribution in [0.3, 0.4) is 0 Å². The summed E-state index contributed by atoms with van der Waals surface area (Å²) in [6.45, 7) is 6.63. The van der Waals surface area contributed by atoms with E-state index < -0.39 is 0 Å². The molecule has 4 heteroatoms. The highest BCUT2D eigenvalue weighted by Crippen LogP contribution is 2.35. The maximum absolute atomic E-state index is 12.6. The minimum Gasteiger partial charge on any atom is -0.377 e. The Morgan fingerprint density at radius 3 is 2.67 bits per heavy atom. The van der Waals surface area contributed by atoms with Gasteiger partial charge in [0.15, 0.2) is 0 Å². The summed E-state index contributed by atoms with van der Waals surface area (Å²) in [5.74, 6) is 0.372. The van der Waals surface area contributed by atoms with Gasteiger partial charge in [0.2, 0.25) is 0 Å². The van der Waals surface area contributed by atoms with Gasteiger partial charge in [-0.2, -0.15) is 0 Å². The van der Waals surface area contributed by atoms with Crippen molar-refractivity contribution < 1.29 is 9.53 Å². The predicted octanol–water partition coefficient (Wildman–Crippen LogP) is 4.06. The first-order chi connectivity index (χ1) is 11.7. The van der Waals surface area contributed by atoms with E-state index in [0.717, 1.165) is 23.4 Å². The number of anilines is 1. The summed E-state index contributed by atoms with van der Waals surface area (Å²) in [5.41, 5.74) is 4.48. The van der Waals surface area contributed by atoms with Crippen molar-refractivity contribution in [2.45, 2.75) is 32.9 Å². The molecule has 1 unspecified atom stereocenters. The predicted molar refractivity (Wildman–Crippen MR) is 96.2 cm³/mol. The van der Waals surface area contributed by atoms with Gasteiger partial charge >= 0.3 is 6.03 Å². The molecular formula is C20H24N2O2. The van der Waals surface area contributed by atoms with E-state index in [0.29, 0.717) is 25.7 Å². The van der Waals surface area contributed by atoms with Crippen LogP contribution < -0.4 is 10.2 Å². The molecule has 0 saturated heterocycles. The number of carbonyl (C=O) groups excluding carboxylic acids is 1. The van der Waals surface area contributed by atoms with Gasteiger partial charge in [-0.1, -0.05) is 49.4 Å². The van der Waals surface area contributed by atoms with Gasteiger partial charge in [0.1, 0.15) is 0 Å². The van der Waals surface area contributed by atoms with Crippen molar-refractivity contribution in [2.24, 2.45) is 0 Å². The first-order valence-electron chi connectivity index (χ1n) is 8.49. The summed E-state index contributed by atoms with van der Waals surface area (Å²) in [6.07, 6.45) is 0. The third kappa shape index (κ3) is 3.44. The van der Waals surface area contributed by atoms with Crippen LogP contribution in [0.25, 0.3) is 0 Å². The van der Waals surface area contributed by atoms with Crippen molar-refractivity contribution in [1.82, 2.24) is 5.32 Å². The smallest absolute Gasteiger partial charge is 0.322 e. The van der Waals surface area contributed by atoms with Crippen LogP contribution in [0.15, 0.2) is 48.5 Å². The van der Waals surface area contributed by atoms with Crippen LogP contribution in [0.2, 0.25) is 0 Å². The van der Waals surface area contributed by atoms with E-state index in [1.165, 1.54) is 5.56 Å². The Morgan fingerprint density at radius 2 is 1.88 bits per heavy atom. The molecule has 0 bridgehead atoms. The summed E-state index contributed by atoms with van der Waals surface area (Å²) in [7, 11) is 0. The fourth-order valence-corrected chi connectivity index (χ4v) is 3.16. The monoisotopic (exact) mass is 324 g/mol. The fraction of sp³-hybridized carbons (Fsp3) is 0.350. The van der Waals surface area contributed by atoms with Gasteiger partial charge in [-0.05, 0) is 29.7 Å². The molecule has 4 nitrogen and oxygen atoms in total. The van der Waals surface area contributed by atoms with E-state index in [4.69, 9.17) is 4.74 Å². The molecule has 1 heterocycles. The zero-order chi connectivity index (χ0) is 16.9. The highest BCUT2D eigenvalue weighted by Gasteiger charge is 2.29. The molecule has 0 saturated carbocycles. The first-order valence-corrected chi connectivity index (χ1v) is 8.49. The minimum atomic E-state index is -0.0435. The zero-order valence-electron chi connectivity index (χ0n) is 14.3. The lowest BCUT2D eigenvalue weighted by atomic mass is 10.0. The summed E-state index contributed by atoms with van der Waals surface area (Å²) in [6, 6.07) is 16.2. The highest BCUT2D eigenvalue weighted by atomic mass is 16.5. The van der Waals surface area contributed by atoms with Crippen molar-refractivity contribution >= 4 is 11.7 Å². The Bertz CT molecular complexity index is 714. The van der Waals surface area contributed by atoms with E-state index in [9.17, 15) is 4.79 Å². The molecule has 0 spiro atoms. The van der Waals surface area contributed by atoms with Gasteiger partial charge in [0.25, 0.3) is 0 Å². The first kappa shape index (κ1) is 16.5. The summed E-state index contributed by atoms with van der Waals surface area (Å²) in [5, 5.41) is 3.05. The Balaban J connectivity index is 1.67. The van der Waals surface area contributed by atoms with Crippen LogP contribution in [0.4, 0.5) is 10.5 Å². The molecule has 0 radical (unpaired) electrons. The van der Waals surface area contributed by atoms with Gasteiger partial charge in [-0.15, -0.1) is 0 Å². The van der Waals surface area contributed by atoms with Gasteiger partial charge in [-0.25, -0.2) is 4.79 Å². The number of rotatable bonds is 5. The SMILES string of the molecule is CCOCc1ccccc1CNC(=O)N1CC(C)c2ccccc21. The van der Waals surface area contributed by atoms with E-state index in [2.05, 4.69) is 18.3 Å². The topological polar surface area (TPSA) is 41.6 Å². The number of hydrogen-bond donors (Lipinski definition) is 1. The van der Waals surface area contributed by atoms with Crippen LogP contribution in [0, 0.1) is 0 Å².